The number of benzene rings is 2. The fourth-order valence-corrected chi connectivity index (χ4v) is 1.97. The van der Waals surface area contributed by atoms with Gasteiger partial charge in [0.05, 0.1) is 5.02 Å². The quantitative estimate of drug-likeness (QED) is 0.884. The molecule has 0 aliphatic carbocycles. The largest absolute Gasteiger partial charge is 0.451 e. The van der Waals surface area contributed by atoms with E-state index < -0.39 is 11.6 Å². The van der Waals surface area contributed by atoms with Crippen molar-refractivity contribution in [2.45, 2.75) is 13.0 Å². The Kier molecular flexibility index (Phi) is 4.57. The average molecular weight is 298 g/mol. The highest BCUT2D eigenvalue weighted by molar-refractivity contribution is 6.30. The van der Waals surface area contributed by atoms with E-state index in [1.807, 2.05) is 6.92 Å². The van der Waals surface area contributed by atoms with Gasteiger partial charge in [-0.1, -0.05) is 29.8 Å². The SMILES string of the molecule is CNC(C)c1cccc(F)c1Oc1cccc(Cl)c1F. The van der Waals surface area contributed by atoms with Crippen molar-refractivity contribution < 1.29 is 13.5 Å². The van der Waals surface area contributed by atoms with E-state index in [0.717, 1.165) is 0 Å². The summed E-state index contributed by atoms with van der Waals surface area (Å²) in [5, 5.41) is 2.93. The predicted molar refractivity (Wildman–Crippen MR) is 75.4 cm³/mol. The van der Waals surface area contributed by atoms with E-state index in [2.05, 4.69) is 5.32 Å². The molecule has 5 heteroatoms. The first kappa shape index (κ1) is 14.8. The molecule has 2 aromatic rings. The molecule has 0 amide bonds. The summed E-state index contributed by atoms with van der Waals surface area (Å²) >= 11 is 5.69. The topological polar surface area (TPSA) is 21.3 Å². The third-order valence-corrected chi connectivity index (χ3v) is 3.32. The number of rotatable bonds is 4. The van der Waals surface area contributed by atoms with E-state index in [1.54, 1.807) is 25.2 Å². The van der Waals surface area contributed by atoms with E-state index in [0.29, 0.717) is 5.56 Å². The van der Waals surface area contributed by atoms with Gasteiger partial charge in [0.2, 0.25) is 0 Å². The third kappa shape index (κ3) is 2.92. The monoisotopic (exact) mass is 297 g/mol. The lowest BCUT2D eigenvalue weighted by molar-refractivity contribution is 0.404. The number of ether oxygens (including phenoxy) is 1. The molecule has 2 rings (SSSR count). The van der Waals surface area contributed by atoms with Crippen LogP contribution in [0.25, 0.3) is 0 Å². The van der Waals surface area contributed by atoms with Crippen molar-refractivity contribution in [1.82, 2.24) is 5.32 Å². The minimum Gasteiger partial charge on any atom is -0.451 e. The van der Waals surface area contributed by atoms with Crippen molar-refractivity contribution in [2.24, 2.45) is 0 Å². The molecule has 20 heavy (non-hydrogen) atoms. The zero-order valence-corrected chi connectivity index (χ0v) is 11.8. The summed E-state index contributed by atoms with van der Waals surface area (Å²) in [7, 11) is 1.75. The molecule has 0 aliphatic heterocycles. The lowest BCUT2D eigenvalue weighted by Gasteiger charge is -2.17. The summed E-state index contributed by atoms with van der Waals surface area (Å²) < 4.78 is 33.2. The van der Waals surface area contributed by atoms with Crippen LogP contribution in [0.2, 0.25) is 5.02 Å². The molecular weight excluding hydrogens is 284 g/mol. The van der Waals surface area contributed by atoms with E-state index in [1.165, 1.54) is 18.2 Å². The molecule has 1 atom stereocenters. The highest BCUT2D eigenvalue weighted by Gasteiger charge is 2.17. The second-order valence-electron chi connectivity index (χ2n) is 4.32. The molecule has 0 bridgehead atoms. The Balaban J connectivity index is 2.45. The molecule has 106 valence electrons. The number of nitrogens with one attached hydrogen (secondary N) is 1. The van der Waals surface area contributed by atoms with Crippen LogP contribution in [0.15, 0.2) is 36.4 Å². The summed E-state index contributed by atoms with van der Waals surface area (Å²) in [6.45, 7) is 1.86. The molecule has 0 aromatic heterocycles. The molecule has 1 N–H and O–H groups in total. The average Bonchev–Trinajstić information content (AvgIpc) is 2.45. The van der Waals surface area contributed by atoms with Crippen LogP contribution in [0, 0.1) is 11.6 Å². The zero-order chi connectivity index (χ0) is 14.7. The van der Waals surface area contributed by atoms with Crippen LogP contribution >= 0.6 is 11.6 Å². The molecule has 0 saturated heterocycles. The summed E-state index contributed by atoms with van der Waals surface area (Å²) in [4.78, 5) is 0. The Morgan fingerprint density at radius 3 is 2.55 bits per heavy atom. The Bertz CT molecular complexity index is 619. The zero-order valence-electron chi connectivity index (χ0n) is 11.1. The van der Waals surface area contributed by atoms with Crippen molar-refractivity contribution in [3.63, 3.8) is 0 Å². The van der Waals surface area contributed by atoms with Crippen molar-refractivity contribution in [1.29, 1.82) is 0 Å². The second kappa shape index (κ2) is 6.20. The Hall–Kier alpha value is -1.65. The van der Waals surface area contributed by atoms with Gasteiger partial charge in [-0.15, -0.1) is 0 Å². The number of hydrogen-bond acceptors (Lipinski definition) is 2. The smallest absolute Gasteiger partial charge is 0.184 e. The summed E-state index contributed by atoms with van der Waals surface area (Å²) in [6.07, 6.45) is 0. The standard InChI is InChI=1S/C15H14ClF2NO/c1-9(19-2)10-5-3-7-12(17)15(10)20-13-8-4-6-11(16)14(13)18/h3-9,19H,1-2H3. The highest BCUT2D eigenvalue weighted by Crippen LogP contribution is 2.34. The normalized spacial score (nSPS) is 12.2. The maximum atomic E-state index is 14.0. The first-order chi connectivity index (χ1) is 9.54. The van der Waals surface area contributed by atoms with E-state index in [4.69, 9.17) is 16.3 Å². The van der Waals surface area contributed by atoms with Gasteiger partial charge in [-0.05, 0) is 32.2 Å². The molecule has 0 heterocycles. The van der Waals surface area contributed by atoms with Gasteiger partial charge in [0.15, 0.2) is 23.1 Å². The number of halogens is 3. The van der Waals surface area contributed by atoms with Crippen molar-refractivity contribution >= 4 is 11.6 Å². The molecule has 2 nitrogen and oxygen atoms in total. The van der Waals surface area contributed by atoms with Crippen molar-refractivity contribution in [2.75, 3.05) is 7.05 Å². The summed E-state index contributed by atoms with van der Waals surface area (Å²) in [5.74, 6) is -1.37. The number of hydrogen-bond donors (Lipinski definition) is 1. The van der Waals surface area contributed by atoms with E-state index >= 15 is 0 Å². The summed E-state index contributed by atoms with van der Waals surface area (Å²) in [6, 6.07) is 8.79. The van der Waals surface area contributed by atoms with Gasteiger partial charge in [0.1, 0.15) is 0 Å². The van der Waals surface area contributed by atoms with Gasteiger partial charge in [0.25, 0.3) is 0 Å². The van der Waals surface area contributed by atoms with Gasteiger partial charge >= 0.3 is 0 Å². The third-order valence-electron chi connectivity index (χ3n) is 3.03. The molecule has 0 saturated carbocycles. The van der Waals surface area contributed by atoms with Gasteiger partial charge in [0, 0.05) is 11.6 Å². The second-order valence-corrected chi connectivity index (χ2v) is 4.73. The fourth-order valence-electron chi connectivity index (χ4n) is 1.80. The minimum atomic E-state index is -0.708. The highest BCUT2D eigenvalue weighted by atomic mass is 35.5. The maximum absolute atomic E-state index is 14.0. The van der Waals surface area contributed by atoms with Crippen LogP contribution in [-0.4, -0.2) is 7.05 Å². The number of para-hydroxylation sites is 1. The van der Waals surface area contributed by atoms with Crippen LogP contribution < -0.4 is 10.1 Å². The maximum Gasteiger partial charge on any atom is 0.184 e. The lowest BCUT2D eigenvalue weighted by atomic mass is 10.1. The van der Waals surface area contributed by atoms with Crippen LogP contribution in [0.4, 0.5) is 8.78 Å². The molecular formula is C15H14ClF2NO. The summed E-state index contributed by atoms with van der Waals surface area (Å²) in [5.41, 5.74) is 0.604. The van der Waals surface area contributed by atoms with E-state index in [-0.39, 0.29) is 22.6 Å². The van der Waals surface area contributed by atoms with Crippen molar-refractivity contribution in [3.05, 3.63) is 58.6 Å². The molecule has 0 radical (unpaired) electrons. The predicted octanol–water partition coefficient (Wildman–Crippen LogP) is 4.69. The van der Waals surface area contributed by atoms with Gasteiger partial charge in [-0.25, -0.2) is 8.78 Å². The first-order valence-corrected chi connectivity index (χ1v) is 6.50. The molecule has 0 spiro atoms. The van der Waals surface area contributed by atoms with E-state index in [9.17, 15) is 8.78 Å². The Morgan fingerprint density at radius 2 is 1.85 bits per heavy atom. The molecule has 1 unspecified atom stereocenters. The van der Waals surface area contributed by atoms with Crippen LogP contribution in [0.1, 0.15) is 18.5 Å². The van der Waals surface area contributed by atoms with Crippen LogP contribution in [-0.2, 0) is 0 Å². The molecule has 2 aromatic carbocycles. The molecule has 0 aliphatic rings. The first-order valence-electron chi connectivity index (χ1n) is 6.12. The van der Waals surface area contributed by atoms with Gasteiger partial charge in [-0.2, -0.15) is 0 Å². The Labute approximate surface area is 121 Å². The fraction of sp³-hybridized carbons (Fsp3) is 0.200. The van der Waals surface area contributed by atoms with Gasteiger partial charge < -0.3 is 10.1 Å². The van der Waals surface area contributed by atoms with Crippen LogP contribution in [0.3, 0.4) is 0 Å². The Morgan fingerprint density at radius 1 is 1.15 bits per heavy atom. The minimum absolute atomic E-state index is 0.00415. The molecule has 0 fully saturated rings. The van der Waals surface area contributed by atoms with Crippen molar-refractivity contribution in [3.8, 4) is 11.5 Å². The van der Waals surface area contributed by atoms with Gasteiger partial charge in [-0.3, -0.25) is 0 Å². The van der Waals surface area contributed by atoms with Crippen LogP contribution in [0.5, 0.6) is 11.5 Å². The lowest BCUT2D eigenvalue weighted by Crippen LogP contribution is -2.13.